The van der Waals surface area contributed by atoms with Gasteiger partial charge in [-0.3, -0.25) is 9.69 Å². The predicted molar refractivity (Wildman–Crippen MR) is 107 cm³/mol. The van der Waals surface area contributed by atoms with E-state index >= 15 is 0 Å². The molecule has 0 unspecified atom stereocenters. The summed E-state index contributed by atoms with van der Waals surface area (Å²) in [4.78, 5) is 14.8. The van der Waals surface area contributed by atoms with Crippen molar-refractivity contribution in [3.05, 3.63) is 46.1 Å². The van der Waals surface area contributed by atoms with E-state index in [0.29, 0.717) is 15.8 Å². The summed E-state index contributed by atoms with van der Waals surface area (Å²) < 4.78 is 13.6. The van der Waals surface area contributed by atoms with Crippen LogP contribution in [0.2, 0.25) is 0 Å². The van der Waals surface area contributed by atoms with Crippen molar-refractivity contribution >= 4 is 40.3 Å². The summed E-state index contributed by atoms with van der Waals surface area (Å²) >= 11 is 6.65. The number of aryl methyl sites for hydroxylation is 1. The standard InChI is InChI=1S/C19H18N2O3S2/c1-4-20-18(22)17(26-19(20)25)8-13-7-11(2)21(12(13)3)14-5-6-15-16(9-14)24-10-23-15/h5-9H,4,10H2,1-3H3. The van der Waals surface area contributed by atoms with Crippen molar-refractivity contribution in [3.8, 4) is 17.2 Å². The number of benzene rings is 1. The molecule has 1 fully saturated rings. The normalized spacial score (nSPS) is 17.7. The molecule has 26 heavy (non-hydrogen) atoms. The minimum absolute atomic E-state index is 0.0182. The van der Waals surface area contributed by atoms with Gasteiger partial charge in [0.1, 0.15) is 4.32 Å². The number of aromatic nitrogens is 1. The van der Waals surface area contributed by atoms with E-state index in [2.05, 4.69) is 10.6 Å². The van der Waals surface area contributed by atoms with Gasteiger partial charge < -0.3 is 14.0 Å². The van der Waals surface area contributed by atoms with Crippen LogP contribution in [0.25, 0.3) is 11.8 Å². The highest BCUT2D eigenvalue weighted by atomic mass is 32.2. The number of fused-ring (bicyclic) bond motifs is 1. The summed E-state index contributed by atoms with van der Waals surface area (Å²) in [6, 6.07) is 7.98. The summed E-state index contributed by atoms with van der Waals surface area (Å²) in [5.41, 5.74) is 4.16. The third-order valence-corrected chi connectivity index (χ3v) is 5.94. The first-order valence-corrected chi connectivity index (χ1v) is 9.56. The van der Waals surface area contributed by atoms with E-state index in [-0.39, 0.29) is 12.7 Å². The van der Waals surface area contributed by atoms with E-state index in [1.807, 2.05) is 45.0 Å². The molecule has 0 atom stereocenters. The maximum absolute atomic E-state index is 12.5. The minimum atomic E-state index is -0.0182. The van der Waals surface area contributed by atoms with Gasteiger partial charge in [-0.25, -0.2) is 0 Å². The summed E-state index contributed by atoms with van der Waals surface area (Å²) in [5, 5.41) is 0. The van der Waals surface area contributed by atoms with E-state index in [1.54, 1.807) is 4.90 Å². The zero-order chi connectivity index (χ0) is 18.4. The van der Waals surface area contributed by atoms with Gasteiger partial charge in [-0.15, -0.1) is 0 Å². The third-order valence-electron chi connectivity index (χ3n) is 4.56. The Bertz CT molecular complexity index is 962. The maximum atomic E-state index is 12.5. The molecule has 1 aromatic carbocycles. The lowest BCUT2D eigenvalue weighted by Crippen LogP contribution is -2.27. The zero-order valence-corrected chi connectivity index (χ0v) is 16.4. The summed E-state index contributed by atoms with van der Waals surface area (Å²) in [6.07, 6.45) is 1.93. The first-order valence-electron chi connectivity index (χ1n) is 8.34. The number of nitrogens with zero attached hydrogens (tertiary/aromatic N) is 2. The van der Waals surface area contributed by atoms with Crippen LogP contribution in [0.15, 0.2) is 29.2 Å². The van der Waals surface area contributed by atoms with Crippen LogP contribution in [0.4, 0.5) is 0 Å². The number of hydrogen-bond acceptors (Lipinski definition) is 5. The number of ether oxygens (including phenoxy) is 2. The predicted octanol–water partition coefficient (Wildman–Crippen LogP) is 4.04. The van der Waals surface area contributed by atoms with Crippen LogP contribution < -0.4 is 9.47 Å². The van der Waals surface area contributed by atoms with E-state index in [4.69, 9.17) is 21.7 Å². The van der Waals surface area contributed by atoms with Gasteiger partial charge in [0.15, 0.2) is 11.5 Å². The Morgan fingerprint density at radius 1 is 1.23 bits per heavy atom. The fourth-order valence-electron chi connectivity index (χ4n) is 3.27. The van der Waals surface area contributed by atoms with Crippen LogP contribution >= 0.6 is 24.0 Å². The molecule has 0 bridgehead atoms. The lowest BCUT2D eigenvalue weighted by atomic mass is 10.2. The Hall–Kier alpha value is -2.25. The highest BCUT2D eigenvalue weighted by Gasteiger charge is 2.31. The molecule has 3 heterocycles. The molecule has 0 spiro atoms. The van der Waals surface area contributed by atoms with Gasteiger partial charge in [0.05, 0.1) is 4.91 Å². The summed E-state index contributed by atoms with van der Waals surface area (Å²) in [6.45, 7) is 6.88. The van der Waals surface area contributed by atoms with Crippen LogP contribution in [-0.4, -0.2) is 33.0 Å². The summed E-state index contributed by atoms with van der Waals surface area (Å²) in [7, 11) is 0. The van der Waals surface area contributed by atoms with Crippen molar-refractivity contribution in [3.63, 3.8) is 0 Å². The lowest BCUT2D eigenvalue weighted by molar-refractivity contribution is -0.121. The molecular formula is C19H18N2O3S2. The molecule has 2 aliphatic heterocycles. The minimum Gasteiger partial charge on any atom is -0.454 e. The van der Waals surface area contributed by atoms with Gasteiger partial charge in [0.25, 0.3) is 5.91 Å². The molecule has 0 saturated carbocycles. The second-order valence-corrected chi connectivity index (χ2v) is 7.80. The Balaban J connectivity index is 1.73. The molecule has 0 radical (unpaired) electrons. The van der Waals surface area contributed by atoms with Crippen LogP contribution in [0.3, 0.4) is 0 Å². The van der Waals surface area contributed by atoms with Crippen LogP contribution in [0.1, 0.15) is 23.9 Å². The van der Waals surface area contributed by atoms with E-state index in [1.165, 1.54) is 11.8 Å². The highest BCUT2D eigenvalue weighted by Crippen LogP contribution is 2.36. The first kappa shape index (κ1) is 17.2. The average molecular weight is 386 g/mol. The molecular weight excluding hydrogens is 368 g/mol. The molecule has 1 amide bonds. The van der Waals surface area contributed by atoms with Crippen molar-refractivity contribution in [2.24, 2.45) is 0 Å². The number of carbonyl (C=O) groups excluding carboxylic acids is 1. The Morgan fingerprint density at radius 2 is 2.00 bits per heavy atom. The molecule has 7 heteroatoms. The largest absolute Gasteiger partial charge is 0.454 e. The number of thiocarbonyl (C=S) groups is 1. The lowest BCUT2D eigenvalue weighted by Gasteiger charge is -2.10. The second kappa shape index (κ2) is 6.48. The highest BCUT2D eigenvalue weighted by molar-refractivity contribution is 8.26. The number of carbonyl (C=O) groups is 1. The van der Waals surface area contributed by atoms with Gasteiger partial charge in [-0.2, -0.15) is 0 Å². The quantitative estimate of drug-likeness (QED) is 0.588. The molecule has 134 valence electrons. The molecule has 2 aliphatic rings. The van der Waals surface area contributed by atoms with E-state index in [0.717, 1.165) is 34.1 Å². The molecule has 0 aliphatic carbocycles. The number of likely N-dealkylation sites (N-methyl/N-ethyl adjacent to an activating group) is 1. The molecule has 4 rings (SSSR count). The number of rotatable bonds is 3. The average Bonchev–Trinajstić information content (AvgIpc) is 3.25. The number of hydrogen-bond donors (Lipinski definition) is 0. The van der Waals surface area contributed by atoms with Gasteiger partial charge in [0, 0.05) is 29.7 Å². The molecule has 1 aromatic heterocycles. The maximum Gasteiger partial charge on any atom is 0.266 e. The van der Waals surface area contributed by atoms with Crippen molar-refractivity contribution in [2.45, 2.75) is 20.8 Å². The molecule has 0 N–H and O–H groups in total. The van der Waals surface area contributed by atoms with Crippen molar-refractivity contribution in [1.29, 1.82) is 0 Å². The van der Waals surface area contributed by atoms with E-state index < -0.39 is 0 Å². The number of amides is 1. The van der Waals surface area contributed by atoms with Crippen molar-refractivity contribution in [2.75, 3.05) is 13.3 Å². The first-order chi connectivity index (χ1) is 12.5. The fraction of sp³-hybridized carbons (Fsp3) is 0.263. The van der Waals surface area contributed by atoms with Crippen LogP contribution in [-0.2, 0) is 4.79 Å². The van der Waals surface area contributed by atoms with Crippen molar-refractivity contribution in [1.82, 2.24) is 9.47 Å². The molecule has 5 nitrogen and oxygen atoms in total. The van der Waals surface area contributed by atoms with Crippen molar-refractivity contribution < 1.29 is 14.3 Å². The van der Waals surface area contributed by atoms with Gasteiger partial charge in [-0.05, 0) is 50.6 Å². The smallest absolute Gasteiger partial charge is 0.266 e. The third kappa shape index (κ3) is 2.71. The van der Waals surface area contributed by atoms with Gasteiger partial charge in [0.2, 0.25) is 6.79 Å². The Labute approximate surface area is 161 Å². The Morgan fingerprint density at radius 3 is 2.73 bits per heavy atom. The van der Waals surface area contributed by atoms with Gasteiger partial charge >= 0.3 is 0 Å². The summed E-state index contributed by atoms with van der Waals surface area (Å²) in [5.74, 6) is 1.50. The van der Waals surface area contributed by atoms with Gasteiger partial charge in [-0.1, -0.05) is 24.0 Å². The van der Waals surface area contributed by atoms with E-state index in [9.17, 15) is 4.79 Å². The van der Waals surface area contributed by atoms with Crippen LogP contribution in [0.5, 0.6) is 11.5 Å². The monoisotopic (exact) mass is 386 g/mol. The SMILES string of the molecule is CCN1C(=O)C(=Cc2cc(C)n(-c3ccc4c(c3)OCO4)c2C)SC1=S. The van der Waals surface area contributed by atoms with Crippen LogP contribution in [0, 0.1) is 13.8 Å². The fourth-order valence-corrected chi connectivity index (χ4v) is 4.64. The Kier molecular flexibility index (Phi) is 4.28. The topological polar surface area (TPSA) is 43.7 Å². The number of thioether (sulfide) groups is 1. The molecule has 1 saturated heterocycles. The zero-order valence-electron chi connectivity index (χ0n) is 14.7. The molecule has 2 aromatic rings. The second-order valence-electron chi connectivity index (χ2n) is 6.13.